The summed E-state index contributed by atoms with van der Waals surface area (Å²) in [6.45, 7) is 1.86. The molecule has 1 amide bonds. The van der Waals surface area contributed by atoms with Crippen LogP contribution >= 0.6 is 0 Å². The van der Waals surface area contributed by atoms with Gasteiger partial charge in [-0.3, -0.25) is 9.59 Å². The molecule has 1 N–H and O–H groups in total. The molecule has 0 aliphatic carbocycles. The van der Waals surface area contributed by atoms with Gasteiger partial charge in [-0.1, -0.05) is 48.0 Å². The van der Waals surface area contributed by atoms with Crippen molar-refractivity contribution < 1.29 is 27.5 Å². The van der Waals surface area contributed by atoms with Crippen molar-refractivity contribution in [2.75, 3.05) is 11.5 Å². The number of carbonyl (C=O) groups is 2. The van der Waals surface area contributed by atoms with Crippen LogP contribution in [0.4, 0.5) is 4.39 Å². The van der Waals surface area contributed by atoms with E-state index in [4.69, 9.17) is 0 Å². The number of likely N-dealkylation sites (tertiary alicyclic amines) is 1. The van der Waals surface area contributed by atoms with Crippen LogP contribution in [0.5, 0.6) is 0 Å². The topological polar surface area (TPSA) is 91.8 Å². The zero-order valence-electron chi connectivity index (χ0n) is 16.2. The molecule has 4 rings (SSSR count). The molecule has 156 valence electrons. The lowest BCUT2D eigenvalue weighted by Crippen LogP contribution is -2.40. The van der Waals surface area contributed by atoms with E-state index < -0.39 is 45.2 Å². The first-order valence-electron chi connectivity index (χ1n) is 9.51. The summed E-state index contributed by atoms with van der Waals surface area (Å²) >= 11 is 0. The number of sulfone groups is 1. The van der Waals surface area contributed by atoms with Gasteiger partial charge in [0.2, 0.25) is 0 Å². The summed E-state index contributed by atoms with van der Waals surface area (Å²) in [6.07, 6.45) is 0.158. The molecule has 2 aromatic carbocycles. The molecule has 6 nitrogen and oxygen atoms in total. The molecule has 0 radical (unpaired) electrons. The summed E-state index contributed by atoms with van der Waals surface area (Å²) < 4.78 is 38.7. The van der Waals surface area contributed by atoms with Gasteiger partial charge < -0.3 is 10.0 Å². The minimum atomic E-state index is -3.36. The SMILES string of the molecule is Cc1ccc(C(O)=C2C(=O)C(=O)N([C@@H]3CCS(=O)(=O)C3)[C@@H]2c2ccccc2F)cc1. The van der Waals surface area contributed by atoms with Crippen molar-refractivity contribution in [1.29, 1.82) is 0 Å². The Morgan fingerprint density at radius 3 is 2.37 bits per heavy atom. The van der Waals surface area contributed by atoms with E-state index in [-0.39, 0.29) is 29.1 Å². The lowest BCUT2D eigenvalue weighted by molar-refractivity contribution is -0.141. The number of benzene rings is 2. The average molecular weight is 429 g/mol. The molecule has 2 aromatic rings. The Bertz CT molecular complexity index is 1170. The smallest absolute Gasteiger partial charge is 0.295 e. The Kier molecular flexibility index (Phi) is 4.97. The molecule has 2 aliphatic heterocycles. The van der Waals surface area contributed by atoms with E-state index in [2.05, 4.69) is 0 Å². The molecule has 2 aliphatic rings. The summed E-state index contributed by atoms with van der Waals surface area (Å²) in [5.41, 5.74) is 1.06. The van der Waals surface area contributed by atoms with Gasteiger partial charge in [-0.15, -0.1) is 0 Å². The van der Waals surface area contributed by atoms with Gasteiger partial charge in [-0.05, 0) is 19.4 Å². The third-order valence-corrected chi connectivity index (χ3v) is 7.36. The van der Waals surface area contributed by atoms with Gasteiger partial charge in [0.05, 0.1) is 23.1 Å². The number of halogens is 1. The number of rotatable bonds is 3. The fourth-order valence-corrected chi connectivity index (χ4v) is 5.80. The van der Waals surface area contributed by atoms with Gasteiger partial charge in [-0.2, -0.15) is 0 Å². The largest absolute Gasteiger partial charge is 0.507 e. The number of hydrogen-bond acceptors (Lipinski definition) is 5. The number of aryl methyl sites for hydroxylation is 1. The fourth-order valence-electron chi connectivity index (χ4n) is 4.09. The first-order chi connectivity index (χ1) is 14.2. The molecule has 2 saturated heterocycles. The molecule has 0 spiro atoms. The number of carbonyl (C=O) groups excluding carboxylic acids is 2. The van der Waals surface area contributed by atoms with E-state index in [0.29, 0.717) is 5.56 Å². The monoisotopic (exact) mass is 429 g/mol. The maximum absolute atomic E-state index is 14.7. The zero-order chi connectivity index (χ0) is 21.6. The quantitative estimate of drug-likeness (QED) is 0.460. The molecule has 0 unspecified atom stereocenters. The number of nitrogens with zero attached hydrogens (tertiary/aromatic N) is 1. The van der Waals surface area contributed by atoms with Crippen LogP contribution in [0.25, 0.3) is 5.76 Å². The van der Waals surface area contributed by atoms with E-state index in [1.165, 1.54) is 18.2 Å². The Balaban J connectivity index is 1.91. The summed E-state index contributed by atoms with van der Waals surface area (Å²) in [7, 11) is -3.36. The Labute approximate surface area is 173 Å². The van der Waals surface area contributed by atoms with Gasteiger partial charge in [-0.25, -0.2) is 12.8 Å². The molecule has 0 saturated carbocycles. The minimum Gasteiger partial charge on any atom is -0.507 e. The predicted molar refractivity (Wildman–Crippen MR) is 109 cm³/mol. The second kappa shape index (κ2) is 7.36. The number of Topliss-reactive ketones (excluding diaryl/α,β-unsaturated/α-hetero) is 1. The van der Waals surface area contributed by atoms with Gasteiger partial charge in [0, 0.05) is 17.2 Å². The normalized spacial score (nSPS) is 25.1. The number of amides is 1. The van der Waals surface area contributed by atoms with Crippen LogP contribution in [-0.2, 0) is 19.4 Å². The van der Waals surface area contributed by atoms with Crippen molar-refractivity contribution in [3.8, 4) is 0 Å². The van der Waals surface area contributed by atoms with Crippen LogP contribution in [0.2, 0.25) is 0 Å². The third-order valence-electron chi connectivity index (χ3n) is 5.61. The van der Waals surface area contributed by atoms with E-state index in [1.807, 2.05) is 6.92 Å². The lowest BCUT2D eigenvalue weighted by Gasteiger charge is -2.30. The van der Waals surface area contributed by atoms with Gasteiger partial charge in [0.1, 0.15) is 11.6 Å². The van der Waals surface area contributed by atoms with E-state index >= 15 is 0 Å². The summed E-state index contributed by atoms with van der Waals surface area (Å²) in [4.78, 5) is 27.0. The van der Waals surface area contributed by atoms with Crippen molar-refractivity contribution in [2.24, 2.45) is 0 Å². The molecular weight excluding hydrogens is 409 g/mol. The minimum absolute atomic E-state index is 0.0367. The Morgan fingerprint density at radius 1 is 1.10 bits per heavy atom. The van der Waals surface area contributed by atoms with Crippen molar-refractivity contribution in [2.45, 2.75) is 25.4 Å². The van der Waals surface area contributed by atoms with Crippen molar-refractivity contribution in [3.05, 3.63) is 76.6 Å². The van der Waals surface area contributed by atoms with E-state index in [0.717, 1.165) is 10.5 Å². The van der Waals surface area contributed by atoms with Crippen LogP contribution in [0.1, 0.15) is 29.2 Å². The standard InChI is InChI=1S/C22H20FNO5S/c1-13-6-8-14(9-7-13)20(25)18-19(16-4-2-3-5-17(16)23)24(22(27)21(18)26)15-10-11-30(28,29)12-15/h2-9,15,19,25H,10-12H2,1H3/t15-,19-/m1/s1. The van der Waals surface area contributed by atoms with Gasteiger partial charge >= 0.3 is 0 Å². The summed E-state index contributed by atoms with van der Waals surface area (Å²) in [6, 6.07) is 10.4. The molecule has 8 heteroatoms. The van der Waals surface area contributed by atoms with E-state index in [9.17, 15) is 27.5 Å². The van der Waals surface area contributed by atoms with Crippen molar-refractivity contribution in [3.63, 3.8) is 0 Å². The summed E-state index contributed by atoms with van der Waals surface area (Å²) in [5, 5.41) is 10.9. The van der Waals surface area contributed by atoms with Crippen LogP contribution in [0, 0.1) is 12.7 Å². The highest BCUT2D eigenvalue weighted by atomic mass is 32.2. The number of ketones is 1. The second-order valence-electron chi connectivity index (χ2n) is 7.65. The number of hydrogen-bond donors (Lipinski definition) is 1. The van der Waals surface area contributed by atoms with Crippen LogP contribution in [-0.4, -0.2) is 47.7 Å². The molecule has 0 bridgehead atoms. The molecule has 0 aromatic heterocycles. The third kappa shape index (κ3) is 3.41. The molecule has 2 heterocycles. The Hall–Kier alpha value is -3.00. The first-order valence-corrected chi connectivity index (χ1v) is 11.3. The van der Waals surface area contributed by atoms with E-state index in [1.54, 1.807) is 30.3 Å². The molecule has 2 atom stereocenters. The van der Waals surface area contributed by atoms with Crippen molar-refractivity contribution >= 4 is 27.3 Å². The highest BCUT2D eigenvalue weighted by Gasteiger charge is 2.51. The maximum Gasteiger partial charge on any atom is 0.295 e. The number of aliphatic hydroxyl groups excluding tert-OH is 1. The highest BCUT2D eigenvalue weighted by molar-refractivity contribution is 7.91. The van der Waals surface area contributed by atoms with Gasteiger partial charge in [0.15, 0.2) is 9.84 Å². The Morgan fingerprint density at radius 2 is 1.77 bits per heavy atom. The molecule has 30 heavy (non-hydrogen) atoms. The second-order valence-corrected chi connectivity index (χ2v) is 9.88. The molecule has 2 fully saturated rings. The average Bonchev–Trinajstić information content (AvgIpc) is 3.19. The van der Waals surface area contributed by atoms with Crippen molar-refractivity contribution in [1.82, 2.24) is 4.90 Å². The van der Waals surface area contributed by atoms with Crippen LogP contribution in [0.3, 0.4) is 0 Å². The van der Waals surface area contributed by atoms with Crippen LogP contribution in [0.15, 0.2) is 54.1 Å². The highest BCUT2D eigenvalue weighted by Crippen LogP contribution is 2.43. The maximum atomic E-state index is 14.7. The first kappa shape index (κ1) is 20.3. The predicted octanol–water partition coefficient (Wildman–Crippen LogP) is 2.74. The van der Waals surface area contributed by atoms with Gasteiger partial charge in [0.25, 0.3) is 11.7 Å². The fraction of sp³-hybridized carbons (Fsp3) is 0.273. The summed E-state index contributed by atoms with van der Waals surface area (Å²) in [5.74, 6) is -3.35. The van der Waals surface area contributed by atoms with Crippen LogP contribution < -0.4 is 0 Å². The lowest BCUT2D eigenvalue weighted by atomic mass is 9.94. The molecular formula is C22H20FNO5S. The zero-order valence-corrected chi connectivity index (χ0v) is 17.0. The number of aliphatic hydroxyl groups is 1.